The molecule has 3 heterocycles. The van der Waals surface area contributed by atoms with Crippen molar-refractivity contribution in [3.8, 4) is 11.8 Å². The first-order valence-corrected chi connectivity index (χ1v) is 12.8. The van der Waals surface area contributed by atoms with Gasteiger partial charge in [0.25, 0.3) is 0 Å². The minimum Gasteiger partial charge on any atom is -0.481 e. The van der Waals surface area contributed by atoms with Crippen LogP contribution in [0.1, 0.15) is 37.0 Å². The number of halogens is 1. The molecule has 180 valence electrons. The number of aromatic nitrogens is 2. The Hall–Kier alpha value is -3.16. The lowest BCUT2D eigenvalue weighted by Gasteiger charge is -2.14. The van der Waals surface area contributed by atoms with Crippen LogP contribution in [0, 0.1) is 17.3 Å². The van der Waals surface area contributed by atoms with Crippen LogP contribution in [0.5, 0.6) is 0 Å². The van der Waals surface area contributed by atoms with Crippen molar-refractivity contribution >= 4 is 41.4 Å². The van der Waals surface area contributed by atoms with Crippen LogP contribution >= 0.6 is 23.5 Å². The normalized spacial score (nSPS) is 22.5. The van der Waals surface area contributed by atoms with Crippen molar-refractivity contribution in [2.45, 2.75) is 36.4 Å². The van der Waals surface area contributed by atoms with E-state index in [1.807, 2.05) is 36.4 Å². The van der Waals surface area contributed by atoms with Crippen LogP contribution in [0.25, 0.3) is 0 Å². The minimum atomic E-state index is -1.03. The van der Waals surface area contributed by atoms with Crippen LogP contribution in [-0.2, 0) is 16.6 Å². The average molecular weight is 512 g/mol. The standard InChI is InChI=1S/C25H22FN3O4S2/c1-14(15-6-4-3-5-7-15)33-24(32)28-22-16(13-27-29(22)2)8-9-17-12-18-20(34-17)19(26)21(35-18)25(10-11-25)23(30)31/h3-7,12-14,18,20H,10-11H2,1-2H3,(H,28,32)(H,30,31). The molecule has 7 nitrogen and oxygen atoms in total. The molecule has 2 aliphatic heterocycles. The van der Waals surface area contributed by atoms with Gasteiger partial charge in [0, 0.05) is 17.2 Å². The van der Waals surface area contributed by atoms with Gasteiger partial charge in [-0.2, -0.15) is 5.10 Å². The van der Waals surface area contributed by atoms with Gasteiger partial charge in [0.2, 0.25) is 0 Å². The number of rotatable bonds is 5. The predicted molar refractivity (Wildman–Crippen MR) is 133 cm³/mol. The second-order valence-corrected chi connectivity index (χ2v) is 11.0. The molecule has 0 saturated heterocycles. The van der Waals surface area contributed by atoms with E-state index in [1.165, 1.54) is 28.2 Å². The van der Waals surface area contributed by atoms with E-state index in [1.54, 1.807) is 20.2 Å². The summed E-state index contributed by atoms with van der Waals surface area (Å²) in [5, 5.41) is 15.8. The maximum Gasteiger partial charge on any atom is 0.413 e. The Balaban J connectivity index is 1.25. The van der Waals surface area contributed by atoms with Gasteiger partial charge < -0.3 is 9.84 Å². The Kier molecular flexibility index (Phi) is 6.15. The molecule has 2 aromatic rings. The highest BCUT2D eigenvalue weighted by Crippen LogP contribution is 2.64. The number of carbonyl (C=O) groups is 2. The molecular weight excluding hydrogens is 489 g/mol. The zero-order valence-corrected chi connectivity index (χ0v) is 20.6. The number of fused-ring (bicyclic) bond motifs is 1. The fourth-order valence-corrected chi connectivity index (χ4v) is 7.07. The second-order valence-electron chi connectivity index (χ2n) is 8.58. The number of carboxylic acid groups (broad SMARTS) is 1. The molecule has 1 fully saturated rings. The molecule has 0 bridgehead atoms. The number of nitrogens with zero attached hydrogens (tertiary/aromatic N) is 2. The van der Waals surface area contributed by atoms with E-state index in [2.05, 4.69) is 22.3 Å². The Morgan fingerprint density at radius 1 is 1.29 bits per heavy atom. The molecule has 5 rings (SSSR count). The van der Waals surface area contributed by atoms with Crippen LogP contribution in [0.2, 0.25) is 0 Å². The van der Waals surface area contributed by atoms with E-state index < -0.39 is 28.8 Å². The van der Waals surface area contributed by atoms with E-state index >= 15 is 4.39 Å². The van der Waals surface area contributed by atoms with E-state index in [9.17, 15) is 14.7 Å². The maximum absolute atomic E-state index is 15.0. The first kappa shape index (κ1) is 23.6. The molecular formula is C25H22FN3O4S2. The summed E-state index contributed by atoms with van der Waals surface area (Å²) in [6, 6.07) is 9.41. The van der Waals surface area contributed by atoms with Gasteiger partial charge in [0.15, 0.2) is 0 Å². The van der Waals surface area contributed by atoms with Crippen LogP contribution in [0.3, 0.4) is 0 Å². The molecule has 35 heavy (non-hydrogen) atoms. The zero-order chi connectivity index (χ0) is 24.7. The van der Waals surface area contributed by atoms with Crippen molar-refractivity contribution in [1.82, 2.24) is 9.78 Å². The van der Waals surface area contributed by atoms with E-state index in [0.717, 1.165) is 5.56 Å². The van der Waals surface area contributed by atoms with Crippen molar-refractivity contribution in [3.63, 3.8) is 0 Å². The molecule has 1 amide bonds. The summed E-state index contributed by atoms with van der Waals surface area (Å²) >= 11 is 2.60. The van der Waals surface area contributed by atoms with E-state index in [-0.39, 0.29) is 11.1 Å². The number of carbonyl (C=O) groups excluding carboxylic acids is 1. The van der Waals surface area contributed by atoms with Gasteiger partial charge in [-0.05, 0) is 31.4 Å². The van der Waals surface area contributed by atoms with Gasteiger partial charge in [0.05, 0.1) is 21.9 Å². The first-order chi connectivity index (χ1) is 16.8. The Morgan fingerprint density at radius 2 is 2.03 bits per heavy atom. The monoisotopic (exact) mass is 511 g/mol. The number of anilines is 1. The highest BCUT2D eigenvalue weighted by atomic mass is 32.2. The summed E-state index contributed by atoms with van der Waals surface area (Å²) in [6.45, 7) is 1.79. The lowest BCUT2D eigenvalue weighted by Crippen LogP contribution is -2.18. The second kappa shape index (κ2) is 9.13. The van der Waals surface area contributed by atoms with Gasteiger partial charge in [-0.25, -0.2) is 9.18 Å². The number of ether oxygens (including phenoxy) is 1. The number of benzene rings is 1. The van der Waals surface area contributed by atoms with Gasteiger partial charge in [-0.1, -0.05) is 42.2 Å². The average Bonchev–Trinajstić information content (AvgIpc) is 3.32. The van der Waals surface area contributed by atoms with Gasteiger partial charge in [0.1, 0.15) is 23.2 Å². The molecule has 3 atom stereocenters. The van der Waals surface area contributed by atoms with Crippen LogP contribution in [0.4, 0.5) is 15.0 Å². The van der Waals surface area contributed by atoms with Gasteiger partial charge in [-0.15, -0.1) is 23.5 Å². The Morgan fingerprint density at radius 3 is 2.69 bits per heavy atom. The maximum atomic E-state index is 15.0. The predicted octanol–water partition coefficient (Wildman–Crippen LogP) is 5.24. The fraction of sp³-hybridized carbons (Fsp3) is 0.320. The number of aliphatic carboxylic acids is 1. The lowest BCUT2D eigenvalue weighted by atomic mass is 10.1. The number of thioether (sulfide) groups is 2. The SMILES string of the molecule is CC(OC(=O)Nc1c(C#CC2=CC3SC(C4(C(=O)O)CC4)=C(F)C3S2)cnn1C)c1ccccc1. The number of amides is 1. The van der Waals surface area contributed by atoms with Crippen LogP contribution < -0.4 is 5.32 Å². The van der Waals surface area contributed by atoms with E-state index in [4.69, 9.17) is 4.74 Å². The molecule has 10 heteroatoms. The molecule has 1 aromatic heterocycles. The highest BCUT2D eigenvalue weighted by Gasteiger charge is 2.59. The zero-order valence-electron chi connectivity index (χ0n) is 18.9. The third-order valence-corrected chi connectivity index (χ3v) is 9.14. The Labute approximate surface area is 210 Å². The molecule has 1 saturated carbocycles. The number of hydrogen-bond donors (Lipinski definition) is 2. The largest absolute Gasteiger partial charge is 0.481 e. The number of allylic oxidation sites excluding steroid dienone is 1. The van der Waals surface area contributed by atoms with Crippen molar-refractivity contribution < 1.29 is 23.8 Å². The molecule has 1 aromatic carbocycles. The highest BCUT2D eigenvalue weighted by molar-refractivity contribution is 8.09. The number of hydrogen-bond acceptors (Lipinski definition) is 6. The first-order valence-electron chi connectivity index (χ1n) is 11.0. The smallest absolute Gasteiger partial charge is 0.413 e. The lowest BCUT2D eigenvalue weighted by molar-refractivity contribution is -0.141. The third-order valence-electron chi connectivity index (χ3n) is 6.22. The van der Waals surface area contributed by atoms with Crippen LogP contribution in [-0.4, -0.2) is 37.4 Å². The summed E-state index contributed by atoms with van der Waals surface area (Å²) in [7, 11) is 1.68. The summed E-state index contributed by atoms with van der Waals surface area (Å²) in [5.74, 6) is 5.16. The van der Waals surface area contributed by atoms with Crippen molar-refractivity contribution in [2.24, 2.45) is 12.5 Å². The number of nitrogens with one attached hydrogen (secondary N) is 1. The van der Waals surface area contributed by atoms with Crippen molar-refractivity contribution in [1.29, 1.82) is 0 Å². The molecule has 1 aliphatic carbocycles. The molecule has 0 spiro atoms. The van der Waals surface area contributed by atoms with Gasteiger partial charge in [-0.3, -0.25) is 14.8 Å². The Bertz CT molecular complexity index is 1320. The van der Waals surface area contributed by atoms with Gasteiger partial charge >= 0.3 is 12.1 Å². The third kappa shape index (κ3) is 4.46. The molecule has 0 radical (unpaired) electrons. The van der Waals surface area contributed by atoms with E-state index in [0.29, 0.717) is 34.0 Å². The molecule has 3 unspecified atom stereocenters. The minimum absolute atomic E-state index is 0.169. The van der Waals surface area contributed by atoms with Crippen molar-refractivity contribution in [2.75, 3.05) is 5.32 Å². The number of aryl methyl sites for hydroxylation is 1. The summed E-state index contributed by atoms with van der Waals surface area (Å²) in [6.07, 6.45) is 3.35. The van der Waals surface area contributed by atoms with Crippen LogP contribution in [0.15, 0.2) is 58.2 Å². The summed E-state index contributed by atoms with van der Waals surface area (Å²) in [4.78, 5) is 25.1. The molecule has 3 aliphatic rings. The van der Waals surface area contributed by atoms with Crippen molar-refractivity contribution in [3.05, 3.63) is 69.4 Å². The quantitative estimate of drug-likeness (QED) is 0.530. The summed E-state index contributed by atoms with van der Waals surface area (Å²) < 4.78 is 22.0. The molecule has 2 N–H and O–H groups in total. The summed E-state index contributed by atoms with van der Waals surface area (Å²) in [5.41, 5.74) is 0.353. The topological polar surface area (TPSA) is 93.4 Å². The fourth-order valence-electron chi connectivity index (χ4n) is 4.05. The number of carboxylic acids is 1.